The highest BCUT2D eigenvalue weighted by Crippen LogP contribution is 2.20. The molecule has 1 amide bonds. The highest BCUT2D eigenvalue weighted by Gasteiger charge is 2.08. The van der Waals surface area contributed by atoms with Crippen molar-refractivity contribution in [2.45, 2.75) is 19.9 Å². The second-order valence-electron chi connectivity index (χ2n) is 4.28. The third-order valence-electron chi connectivity index (χ3n) is 2.66. The maximum absolute atomic E-state index is 11.9. The van der Waals surface area contributed by atoms with Crippen molar-refractivity contribution >= 4 is 29.1 Å². The van der Waals surface area contributed by atoms with Gasteiger partial charge in [0.15, 0.2) is 0 Å². The zero-order valence-corrected chi connectivity index (χ0v) is 12.4. The van der Waals surface area contributed by atoms with Crippen LogP contribution in [0.5, 0.6) is 0 Å². The second-order valence-corrected chi connectivity index (χ2v) is 5.13. The Morgan fingerprint density at radius 1 is 1.30 bits per heavy atom. The number of carbonyl (C=O) groups is 1. The first-order valence-electron chi connectivity index (χ1n) is 6.04. The smallest absolute Gasteiger partial charge is 0.224 e. The number of aromatic nitrogens is 2. The fourth-order valence-corrected chi connectivity index (χ4v) is 2.09. The molecule has 104 valence electrons. The van der Waals surface area contributed by atoms with Gasteiger partial charge in [0.1, 0.15) is 5.82 Å². The van der Waals surface area contributed by atoms with E-state index in [-0.39, 0.29) is 12.3 Å². The van der Waals surface area contributed by atoms with Crippen LogP contribution in [0.25, 0.3) is 0 Å². The minimum atomic E-state index is -0.134. The number of benzene rings is 1. The van der Waals surface area contributed by atoms with Crippen LogP contribution < -0.4 is 5.32 Å². The predicted molar refractivity (Wildman–Crippen MR) is 78.8 cm³/mol. The average Bonchev–Trinajstić information content (AvgIpc) is 2.41. The van der Waals surface area contributed by atoms with E-state index in [9.17, 15) is 4.79 Å². The molecule has 2 aromatic rings. The van der Waals surface area contributed by atoms with Crippen molar-refractivity contribution in [3.05, 3.63) is 57.6 Å². The lowest BCUT2D eigenvalue weighted by Crippen LogP contribution is -2.25. The van der Waals surface area contributed by atoms with E-state index < -0.39 is 0 Å². The van der Waals surface area contributed by atoms with Gasteiger partial charge in [0.25, 0.3) is 0 Å². The Kier molecular flexibility index (Phi) is 4.93. The highest BCUT2D eigenvalue weighted by molar-refractivity contribution is 6.33. The van der Waals surface area contributed by atoms with Crippen LogP contribution in [0.15, 0.2) is 30.5 Å². The summed E-state index contributed by atoms with van der Waals surface area (Å²) >= 11 is 11.9. The number of rotatable bonds is 4. The van der Waals surface area contributed by atoms with Crippen LogP contribution in [0.4, 0.5) is 0 Å². The molecular formula is C14H13Cl2N3O. The van der Waals surface area contributed by atoms with E-state index in [2.05, 4.69) is 15.3 Å². The van der Waals surface area contributed by atoms with Crippen molar-refractivity contribution in [3.63, 3.8) is 0 Å². The van der Waals surface area contributed by atoms with Gasteiger partial charge in [0.2, 0.25) is 5.91 Å². The summed E-state index contributed by atoms with van der Waals surface area (Å²) in [6, 6.07) is 6.83. The van der Waals surface area contributed by atoms with Crippen LogP contribution >= 0.6 is 23.2 Å². The number of amides is 1. The van der Waals surface area contributed by atoms with Gasteiger partial charge >= 0.3 is 0 Å². The maximum atomic E-state index is 11.9. The van der Waals surface area contributed by atoms with E-state index in [1.165, 1.54) is 0 Å². The van der Waals surface area contributed by atoms with Crippen LogP contribution in [0, 0.1) is 6.92 Å². The maximum Gasteiger partial charge on any atom is 0.224 e. The molecule has 0 aliphatic heterocycles. The number of nitrogens with zero attached hydrogens (tertiary/aromatic N) is 2. The first-order valence-corrected chi connectivity index (χ1v) is 6.79. The third-order valence-corrected chi connectivity index (χ3v) is 3.26. The Morgan fingerprint density at radius 2 is 2.10 bits per heavy atom. The summed E-state index contributed by atoms with van der Waals surface area (Å²) in [5.41, 5.74) is 1.47. The molecule has 0 aliphatic rings. The van der Waals surface area contributed by atoms with Gasteiger partial charge in [0, 0.05) is 16.2 Å². The Morgan fingerprint density at radius 3 is 2.85 bits per heavy atom. The molecule has 0 bridgehead atoms. The summed E-state index contributed by atoms with van der Waals surface area (Å²) in [5, 5.41) is 3.88. The van der Waals surface area contributed by atoms with Crippen LogP contribution in [0.3, 0.4) is 0 Å². The van der Waals surface area contributed by atoms with E-state index in [0.29, 0.717) is 28.0 Å². The summed E-state index contributed by atoms with van der Waals surface area (Å²) in [6.07, 6.45) is 1.85. The number of nitrogens with one attached hydrogen (secondary N) is 1. The molecule has 1 aromatic heterocycles. The van der Waals surface area contributed by atoms with Crippen molar-refractivity contribution < 1.29 is 4.79 Å². The number of hydrogen-bond acceptors (Lipinski definition) is 3. The van der Waals surface area contributed by atoms with E-state index in [4.69, 9.17) is 23.2 Å². The fourth-order valence-electron chi connectivity index (χ4n) is 1.71. The van der Waals surface area contributed by atoms with Crippen LogP contribution in [0.2, 0.25) is 10.0 Å². The van der Waals surface area contributed by atoms with Gasteiger partial charge in [-0.2, -0.15) is 0 Å². The minimum absolute atomic E-state index is 0.134. The van der Waals surface area contributed by atoms with Crippen LogP contribution in [0.1, 0.15) is 17.1 Å². The number of halogens is 2. The van der Waals surface area contributed by atoms with Gasteiger partial charge in [0.05, 0.1) is 18.7 Å². The topological polar surface area (TPSA) is 54.9 Å². The summed E-state index contributed by atoms with van der Waals surface area (Å²) in [4.78, 5) is 20.1. The zero-order valence-electron chi connectivity index (χ0n) is 10.9. The second kappa shape index (κ2) is 6.68. The standard InChI is InChI=1S/C14H13Cl2N3O/c1-9-17-5-4-12(19-9)8-18-14(20)7-10-6-11(15)2-3-13(10)16/h2-6H,7-8H2,1H3,(H,18,20). The molecule has 20 heavy (non-hydrogen) atoms. The van der Waals surface area contributed by atoms with Gasteiger partial charge in [-0.1, -0.05) is 23.2 Å². The van der Waals surface area contributed by atoms with Gasteiger partial charge < -0.3 is 5.32 Å². The molecule has 4 nitrogen and oxygen atoms in total. The molecule has 0 fully saturated rings. The molecule has 0 saturated heterocycles. The summed E-state index contributed by atoms with van der Waals surface area (Å²) in [6.45, 7) is 2.16. The molecule has 6 heteroatoms. The van der Waals surface area contributed by atoms with E-state index in [1.807, 2.05) is 0 Å². The van der Waals surface area contributed by atoms with Crippen molar-refractivity contribution in [1.82, 2.24) is 15.3 Å². The van der Waals surface area contributed by atoms with Crippen molar-refractivity contribution in [3.8, 4) is 0 Å². The Balaban J connectivity index is 1.94. The van der Waals surface area contributed by atoms with Gasteiger partial charge in [-0.05, 0) is 36.8 Å². The first-order chi connectivity index (χ1) is 9.54. The number of aryl methyl sites for hydroxylation is 1. The molecule has 0 aliphatic carbocycles. The number of carbonyl (C=O) groups excluding carboxylic acids is 1. The van der Waals surface area contributed by atoms with Gasteiger partial charge in [-0.3, -0.25) is 4.79 Å². The molecule has 0 saturated carbocycles. The summed E-state index contributed by atoms with van der Waals surface area (Å²) in [7, 11) is 0. The average molecular weight is 310 g/mol. The predicted octanol–water partition coefficient (Wildman–Crippen LogP) is 2.95. The zero-order chi connectivity index (χ0) is 14.5. The molecule has 0 unspecified atom stereocenters. The Hall–Kier alpha value is -1.65. The van der Waals surface area contributed by atoms with Crippen molar-refractivity contribution in [1.29, 1.82) is 0 Å². The van der Waals surface area contributed by atoms with Crippen LogP contribution in [-0.4, -0.2) is 15.9 Å². The third kappa shape index (κ3) is 4.18. The van der Waals surface area contributed by atoms with Crippen LogP contribution in [-0.2, 0) is 17.8 Å². The molecule has 1 aromatic carbocycles. The summed E-state index contributed by atoms with van der Waals surface area (Å²) in [5.74, 6) is 0.542. The molecule has 0 radical (unpaired) electrons. The van der Waals surface area contributed by atoms with Gasteiger partial charge in [-0.15, -0.1) is 0 Å². The molecule has 0 atom stereocenters. The molecule has 2 rings (SSSR count). The first kappa shape index (κ1) is 14.8. The van der Waals surface area contributed by atoms with E-state index >= 15 is 0 Å². The van der Waals surface area contributed by atoms with Crippen molar-refractivity contribution in [2.75, 3.05) is 0 Å². The molecule has 0 spiro atoms. The number of hydrogen-bond donors (Lipinski definition) is 1. The Labute approximate surface area is 127 Å². The van der Waals surface area contributed by atoms with Gasteiger partial charge in [-0.25, -0.2) is 9.97 Å². The Bertz CT molecular complexity index is 632. The molecule has 1 N–H and O–H groups in total. The highest BCUT2D eigenvalue weighted by atomic mass is 35.5. The lowest BCUT2D eigenvalue weighted by atomic mass is 10.1. The molecular weight excluding hydrogens is 297 g/mol. The normalized spacial score (nSPS) is 10.3. The van der Waals surface area contributed by atoms with Crippen molar-refractivity contribution in [2.24, 2.45) is 0 Å². The SMILES string of the molecule is Cc1nccc(CNC(=O)Cc2cc(Cl)ccc2Cl)n1. The largest absolute Gasteiger partial charge is 0.350 e. The van der Waals surface area contributed by atoms with E-state index in [0.717, 1.165) is 5.69 Å². The lowest BCUT2D eigenvalue weighted by molar-refractivity contribution is -0.120. The quantitative estimate of drug-likeness (QED) is 0.944. The lowest BCUT2D eigenvalue weighted by Gasteiger charge is -2.07. The minimum Gasteiger partial charge on any atom is -0.350 e. The monoisotopic (exact) mass is 309 g/mol. The fraction of sp³-hybridized carbons (Fsp3) is 0.214. The summed E-state index contributed by atoms with van der Waals surface area (Å²) < 4.78 is 0. The molecule has 1 heterocycles. The van der Waals surface area contributed by atoms with E-state index in [1.54, 1.807) is 37.4 Å².